The number of nitrogens with two attached hydrogens (primary N) is 1. The van der Waals surface area contributed by atoms with Crippen molar-refractivity contribution in [3.05, 3.63) is 53.2 Å². The van der Waals surface area contributed by atoms with Gasteiger partial charge in [0.2, 0.25) is 0 Å². The van der Waals surface area contributed by atoms with Gasteiger partial charge in [-0.15, -0.1) is 0 Å². The van der Waals surface area contributed by atoms with Crippen LogP contribution in [-0.4, -0.2) is 11.1 Å². The van der Waals surface area contributed by atoms with Gasteiger partial charge in [0.25, 0.3) is 0 Å². The van der Waals surface area contributed by atoms with Crippen LogP contribution in [0.2, 0.25) is 0 Å². The van der Waals surface area contributed by atoms with Crippen molar-refractivity contribution in [3.63, 3.8) is 0 Å². The maximum Gasteiger partial charge on any atom is 0.423 e. The number of pyridine rings is 1. The Morgan fingerprint density at radius 2 is 1.85 bits per heavy atom. The van der Waals surface area contributed by atoms with Gasteiger partial charge in [-0.25, -0.2) is 19.6 Å². The zero-order valence-corrected chi connectivity index (χ0v) is 13.6. The molecule has 0 amide bonds. The number of halogens is 5. The average Bonchev–Trinajstić information content (AvgIpc) is 2.55. The van der Waals surface area contributed by atoms with Crippen molar-refractivity contribution in [1.82, 2.24) is 4.98 Å². The maximum absolute atomic E-state index is 13.4. The number of nitrogens with zero attached hydrogens (tertiary/aromatic N) is 2. The van der Waals surface area contributed by atoms with Crippen LogP contribution in [0.4, 0.5) is 27.8 Å². The molecule has 0 atom stereocenters. The molecule has 3 N–H and O–H groups in total. The molecule has 1 saturated carbocycles. The zero-order valence-electron chi connectivity index (χ0n) is 13.6. The molecule has 2 aromatic rings. The lowest BCUT2D eigenvalue weighted by molar-refractivity contribution is -0.139. The summed E-state index contributed by atoms with van der Waals surface area (Å²) < 4.78 is 72.1. The summed E-state index contributed by atoms with van der Waals surface area (Å²) in [6.45, 7) is 0. The third-order valence-electron chi connectivity index (χ3n) is 4.41. The van der Waals surface area contributed by atoms with Gasteiger partial charge in [0, 0.05) is 25.1 Å². The normalized spacial score (nSPS) is 21.9. The quantitative estimate of drug-likeness (QED) is 0.477. The molecule has 1 heterocycles. The van der Waals surface area contributed by atoms with E-state index in [9.17, 15) is 27.2 Å². The molecule has 5 nitrogen and oxygen atoms in total. The number of rotatable bonds is 4. The standard InChI is InChI=1S/C17H13F5N4O/c18-10-3-9(4-11(19)5-10)16(8-23)6-12(7-16)27-13-1-2-25-15(26-24)14(13)17(20,21)22/h1-5,12H,6-7,24H2,(H,25,26). The number of alkyl halides is 3. The van der Waals surface area contributed by atoms with Crippen molar-refractivity contribution in [2.24, 2.45) is 5.84 Å². The topological polar surface area (TPSA) is 84.0 Å². The Balaban J connectivity index is 1.84. The van der Waals surface area contributed by atoms with E-state index in [-0.39, 0.29) is 18.4 Å². The molecule has 0 bridgehead atoms. The number of nitrogens with one attached hydrogen (secondary N) is 1. The van der Waals surface area contributed by atoms with E-state index in [1.165, 1.54) is 0 Å². The molecule has 142 valence electrons. The molecule has 1 aliphatic rings. The second-order valence-corrected chi connectivity index (χ2v) is 6.17. The van der Waals surface area contributed by atoms with Gasteiger partial charge in [-0.3, -0.25) is 0 Å². The van der Waals surface area contributed by atoms with Gasteiger partial charge in [0.1, 0.15) is 29.1 Å². The number of nitriles is 1. The summed E-state index contributed by atoms with van der Waals surface area (Å²) in [7, 11) is 0. The van der Waals surface area contributed by atoms with Gasteiger partial charge in [0.05, 0.1) is 11.5 Å². The van der Waals surface area contributed by atoms with Crippen molar-refractivity contribution in [3.8, 4) is 11.8 Å². The fourth-order valence-electron chi connectivity index (χ4n) is 3.13. The van der Waals surface area contributed by atoms with Crippen LogP contribution in [0.15, 0.2) is 30.5 Å². The molecule has 3 rings (SSSR count). The Labute approximate surface area is 150 Å². The lowest BCUT2D eigenvalue weighted by Crippen LogP contribution is -2.46. The van der Waals surface area contributed by atoms with Crippen molar-refractivity contribution < 1.29 is 26.7 Å². The molecule has 1 aromatic heterocycles. The maximum atomic E-state index is 13.4. The predicted molar refractivity (Wildman–Crippen MR) is 84.3 cm³/mol. The van der Waals surface area contributed by atoms with Crippen molar-refractivity contribution in [2.75, 3.05) is 5.43 Å². The first kappa shape index (κ1) is 18.8. The van der Waals surface area contributed by atoms with Gasteiger partial charge in [-0.2, -0.15) is 18.4 Å². The first-order valence-electron chi connectivity index (χ1n) is 7.76. The SMILES string of the molecule is N#CC1(c2cc(F)cc(F)c2)CC(Oc2ccnc(NN)c2C(F)(F)F)C1. The predicted octanol–water partition coefficient (Wildman–Crippen LogP) is 3.67. The molecule has 0 unspecified atom stereocenters. The van der Waals surface area contributed by atoms with Crippen LogP contribution in [-0.2, 0) is 11.6 Å². The number of nitrogen functional groups attached to an aromatic ring is 1. The highest BCUT2D eigenvalue weighted by molar-refractivity contribution is 5.53. The lowest BCUT2D eigenvalue weighted by Gasteiger charge is -2.42. The highest BCUT2D eigenvalue weighted by atomic mass is 19.4. The summed E-state index contributed by atoms with van der Waals surface area (Å²) in [6.07, 6.45) is -4.45. The number of aromatic nitrogens is 1. The van der Waals surface area contributed by atoms with Gasteiger partial charge < -0.3 is 10.2 Å². The van der Waals surface area contributed by atoms with Crippen LogP contribution in [0.25, 0.3) is 0 Å². The van der Waals surface area contributed by atoms with Crippen LogP contribution in [0, 0.1) is 23.0 Å². The van der Waals surface area contributed by atoms with E-state index in [4.69, 9.17) is 10.6 Å². The third kappa shape index (κ3) is 3.50. The van der Waals surface area contributed by atoms with Gasteiger partial charge in [0.15, 0.2) is 5.82 Å². The first-order valence-corrected chi connectivity index (χ1v) is 7.76. The highest BCUT2D eigenvalue weighted by Crippen LogP contribution is 2.47. The minimum atomic E-state index is -4.77. The van der Waals surface area contributed by atoms with Crippen LogP contribution in [0.3, 0.4) is 0 Å². The third-order valence-corrected chi connectivity index (χ3v) is 4.41. The zero-order chi connectivity index (χ0) is 19.8. The Morgan fingerprint density at radius 3 is 2.37 bits per heavy atom. The molecule has 27 heavy (non-hydrogen) atoms. The number of hydrogen-bond donors (Lipinski definition) is 2. The monoisotopic (exact) mass is 384 g/mol. The minimum Gasteiger partial charge on any atom is -0.489 e. The number of hydrogen-bond acceptors (Lipinski definition) is 5. The number of anilines is 1. The van der Waals surface area contributed by atoms with E-state index in [1.807, 2.05) is 11.5 Å². The van der Waals surface area contributed by atoms with Crippen LogP contribution < -0.4 is 16.0 Å². The molecule has 0 saturated heterocycles. The van der Waals surface area contributed by atoms with Crippen LogP contribution in [0.5, 0.6) is 5.75 Å². The highest BCUT2D eigenvalue weighted by Gasteiger charge is 2.49. The molecule has 10 heteroatoms. The molecule has 1 fully saturated rings. The van der Waals surface area contributed by atoms with Crippen molar-refractivity contribution >= 4 is 5.82 Å². The fourth-order valence-corrected chi connectivity index (χ4v) is 3.13. The van der Waals surface area contributed by atoms with Crippen molar-refractivity contribution in [1.29, 1.82) is 5.26 Å². The second-order valence-electron chi connectivity index (χ2n) is 6.17. The van der Waals surface area contributed by atoms with Gasteiger partial charge >= 0.3 is 6.18 Å². The largest absolute Gasteiger partial charge is 0.489 e. The number of ether oxygens (including phenoxy) is 1. The Kier molecular flexibility index (Phi) is 4.65. The number of hydrazine groups is 1. The molecule has 0 spiro atoms. The minimum absolute atomic E-state index is 0.0165. The first-order chi connectivity index (χ1) is 12.7. The second kappa shape index (κ2) is 6.66. The van der Waals surface area contributed by atoms with E-state index in [1.54, 1.807) is 0 Å². The lowest BCUT2D eigenvalue weighted by atomic mass is 9.63. The van der Waals surface area contributed by atoms with Gasteiger partial charge in [-0.05, 0) is 23.8 Å². The summed E-state index contributed by atoms with van der Waals surface area (Å²) in [6, 6.07) is 5.77. The van der Waals surface area contributed by atoms with Gasteiger partial charge in [-0.1, -0.05) is 0 Å². The summed E-state index contributed by atoms with van der Waals surface area (Å²) in [5.41, 5.74) is -0.403. The van der Waals surface area contributed by atoms with Crippen molar-refractivity contribution in [2.45, 2.75) is 30.5 Å². The summed E-state index contributed by atoms with van der Waals surface area (Å²) in [5, 5.41) is 9.45. The summed E-state index contributed by atoms with van der Waals surface area (Å²) >= 11 is 0. The molecule has 0 radical (unpaired) electrons. The smallest absolute Gasteiger partial charge is 0.423 e. The van der Waals surface area contributed by atoms with E-state index in [0.29, 0.717) is 6.07 Å². The summed E-state index contributed by atoms with van der Waals surface area (Å²) in [5.74, 6) is 2.31. The summed E-state index contributed by atoms with van der Waals surface area (Å²) in [4.78, 5) is 3.52. The Morgan fingerprint density at radius 1 is 1.22 bits per heavy atom. The molecule has 0 aliphatic heterocycles. The van der Waals surface area contributed by atoms with Crippen LogP contribution >= 0.6 is 0 Å². The van der Waals surface area contributed by atoms with E-state index in [0.717, 1.165) is 24.4 Å². The Hall–Kier alpha value is -2.93. The average molecular weight is 384 g/mol. The number of benzene rings is 1. The van der Waals surface area contributed by atoms with E-state index < -0.39 is 46.5 Å². The Bertz CT molecular complexity index is 883. The van der Waals surface area contributed by atoms with E-state index >= 15 is 0 Å². The molecular weight excluding hydrogens is 371 g/mol. The molecular formula is C17H13F5N4O. The van der Waals surface area contributed by atoms with Crippen LogP contribution in [0.1, 0.15) is 24.0 Å². The fraction of sp³-hybridized carbons (Fsp3) is 0.294. The molecule has 1 aromatic carbocycles. The molecule has 1 aliphatic carbocycles. The van der Waals surface area contributed by atoms with E-state index in [2.05, 4.69) is 4.98 Å².